The summed E-state index contributed by atoms with van der Waals surface area (Å²) < 4.78 is 9.71. The summed E-state index contributed by atoms with van der Waals surface area (Å²) in [7, 11) is 3.05. The maximum atomic E-state index is 11.2. The van der Waals surface area contributed by atoms with Crippen molar-refractivity contribution in [3.63, 3.8) is 0 Å². The summed E-state index contributed by atoms with van der Waals surface area (Å²) in [5.74, 6) is -0.211. The second-order valence-corrected chi connectivity index (χ2v) is 4.47. The molecule has 6 heteroatoms. The molecule has 0 radical (unpaired) electrons. The van der Waals surface area contributed by atoms with Gasteiger partial charge in [0.05, 0.1) is 20.1 Å². The number of esters is 1. The van der Waals surface area contributed by atoms with E-state index in [1.807, 2.05) is 6.07 Å². The molecule has 0 saturated heterocycles. The summed E-state index contributed by atoms with van der Waals surface area (Å²) in [5, 5.41) is 0.474. The van der Waals surface area contributed by atoms with Gasteiger partial charge in [0.2, 0.25) is 0 Å². The number of aromatic nitrogens is 1. The van der Waals surface area contributed by atoms with Gasteiger partial charge in [-0.1, -0.05) is 17.7 Å². The molecular formula is C13H19ClN2O3. The SMILES string of the molecule is COCCN(CCC(=O)OC)Cc1ccc(Cl)nc1. The van der Waals surface area contributed by atoms with E-state index >= 15 is 0 Å². The van der Waals surface area contributed by atoms with E-state index in [1.165, 1.54) is 7.11 Å². The van der Waals surface area contributed by atoms with Gasteiger partial charge in [0.15, 0.2) is 0 Å². The summed E-state index contributed by atoms with van der Waals surface area (Å²) >= 11 is 5.75. The normalized spacial score (nSPS) is 10.7. The van der Waals surface area contributed by atoms with Gasteiger partial charge in [-0.15, -0.1) is 0 Å². The van der Waals surface area contributed by atoms with Gasteiger partial charge in [-0.3, -0.25) is 9.69 Å². The molecule has 0 fully saturated rings. The van der Waals surface area contributed by atoms with Crippen molar-refractivity contribution in [1.29, 1.82) is 0 Å². The molecule has 106 valence electrons. The highest BCUT2D eigenvalue weighted by molar-refractivity contribution is 6.29. The highest BCUT2D eigenvalue weighted by atomic mass is 35.5. The second-order valence-electron chi connectivity index (χ2n) is 4.08. The number of hydrogen-bond donors (Lipinski definition) is 0. The monoisotopic (exact) mass is 286 g/mol. The van der Waals surface area contributed by atoms with Gasteiger partial charge in [0, 0.05) is 32.9 Å². The molecule has 0 aliphatic rings. The van der Waals surface area contributed by atoms with Gasteiger partial charge < -0.3 is 9.47 Å². The minimum Gasteiger partial charge on any atom is -0.469 e. The molecule has 1 aromatic rings. The van der Waals surface area contributed by atoms with Gasteiger partial charge in [-0.05, 0) is 11.6 Å². The van der Waals surface area contributed by atoms with Crippen LogP contribution in [0.15, 0.2) is 18.3 Å². The van der Waals surface area contributed by atoms with Crippen molar-refractivity contribution in [3.8, 4) is 0 Å². The fourth-order valence-corrected chi connectivity index (χ4v) is 1.71. The van der Waals surface area contributed by atoms with E-state index in [0.717, 1.165) is 12.1 Å². The second kappa shape index (κ2) is 8.85. The van der Waals surface area contributed by atoms with Crippen molar-refractivity contribution < 1.29 is 14.3 Å². The fourth-order valence-electron chi connectivity index (χ4n) is 1.60. The summed E-state index contributed by atoms with van der Waals surface area (Å²) in [6.45, 7) is 2.68. The van der Waals surface area contributed by atoms with Gasteiger partial charge in [-0.25, -0.2) is 4.98 Å². The Bertz CT molecular complexity index is 384. The number of hydrogen-bond acceptors (Lipinski definition) is 5. The third-order valence-corrected chi connectivity index (χ3v) is 2.89. The number of ether oxygens (including phenoxy) is 2. The van der Waals surface area contributed by atoms with E-state index in [4.69, 9.17) is 16.3 Å². The largest absolute Gasteiger partial charge is 0.469 e. The Hall–Kier alpha value is -1.17. The molecule has 0 bridgehead atoms. The van der Waals surface area contributed by atoms with Gasteiger partial charge in [0.25, 0.3) is 0 Å². The van der Waals surface area contributed by atoms with Crippen LogP contribution in [0.2, 0.25) is 5.15 Å². The first kappa shape index (κ1) is 15.9. The molecule has 1 rings (SSSR count). The number of nitrogens with zero attached hydrogens (tertiary/aromatic N) is 2. The van der Waals surface area contributed by atoms with E-state index in [0.29, 0.717) is 31.3 Å². The Kier molecular flexibility index (Phi) is 7.40. The van der Waals surface area contributed by atoms with Crippen molar-refractivity contribution >= 4 is 17.6 Å². The average Bonchev–Trinajstić information content (AvgIpc) is 2.43. The Labute approximate surface area is 118 Å². The quantitative estimate of drug-likeness (QED) is 0.538. The number of rotatable bonds is 8. The van der Waals surface area contributed by atoms with Crippen molar-refractivity contribution in [1.82, 2.24) is 9.88 Å². The van der Waals surface area contributed by atoms with Crippen LogP contribution in [0.3, 0.4) is 0 Å². The van der Waals surface area contributed by atoms with Crippen LogP contribution in [0.5, 0.6) is 0 Å². The third kappa shape index (κ3) is 6.52. The zero-order chi connectivity index (χ0) is 14.1. The molecule has 0 N–H and O–H groups in total. The highest BCUT2D eigenvalue weighted by Gasteiger charge is 2.09. The first-order valence-electron chi connectivity index (χ1n) is 6.04. The van der Waals surface area contributed by atoms with E-state index < -0.39 is 0 Å². The zero-order valence-electron chi connectivity index (χ0n) is 11.3. The molecule has 5 nitrogen and oxygen atoms in total. The van der Waals surface area contributed by atoms with Crippen molar-refractivity contribution in [3.05, 3.63) is 29.0 Å². The number of pyridine rings is 1. The maximum absolute atomic E-state index is 11.2. The molecule has 1 heterocycles. The molecule has 0 saturated carbocycles. The predicted molar refractivity (Wildman–Crippen MR) is 73.0 cm³/mol. The predicted octanol–water partition coefficient (Wildman–Crippen LogP) is 1.75. The van der Waals surface area contributed by atoms with Crippen LogP contribution in [0, 0.1) is 0 Å². The van der Waals surface area contributed by atoms with Crippen LogP contribution < -0.4 is 0 Å². The minimum absolute atomic E-state index is 0.211. The summed E-state index contributed by atoms with van der Waals surface area (Å²) in [6.07, 6.45) is 2.10. The Morgan fingerprint density at radius 3 is 2.74 bits per heavy atom. The molecule has 0 aliphatic heterocycles. The van der Waals surface area contributed by atoms with Gasteiger partial charge >= 0.3 is 5.97 Å². The minimum atomic E-state index is -0.211. The number of carbonyl (C=O) groups excluding carboxylic acids is 1. The molecule has 0 aromatic carbocycles. The van der Waals surface area contributed by atoms with Crippen LogP contribution in [-0.4, -0.2) is 49.8 Å². The molecule has 0 unspecified atom stereocenters. The number of methoxy groups -OCH3 is 2. The molecule has 1 aromatic heterocycles. The lowest BCUT2D eigenvalue weighted by Crippen LogP contribution is -2.29. The van der Waals surface area contributed by atoms with E-state index in [1.54, 1.807) is 19.4 Å². The topological polar surface area (TPSA) is 51.7 Å². The standard InChI is InChI=1S/C13H19ClN2O3/c1-18-8-7-16(6-5-13(17)19-2)10-11-3-4-12(14)15-9-11/h3-4,9H,5-8,10H2,1-2H3. The van der Waals surface area contributed by atoms with Crippen molar-refractivity contribution in [2.75, 3.05) is 33.9 Å². The lowest BCUT2D eigenvalue weighted by molar-refractivity contribution is -0.141. The first-order valence-corrected chi connectivity index (χ1v) is 6.42. The van der Waals surface area contributed by atoms with E-state index in [9.17, 15) is 4.79 Å². The van der Waals surface area contributed by atoms with Crippen LogP contribution in [0.4, 0.5) is 0 Å². The third-order valence-electron chi connectivity index (χ3n) is 2.67. The highest BCUT2D eigenvalue weighted by Crippen LogP contribution is 2.08. The maximum Gasteiger partial charge on any atom is 0.306 e. The zero-order valence-corrected chi connectivity index (χ0v) is 12.0. The van der Waals surface area contributed by atoms with Crippen LogP contribution in [-0.2, 0) is 20.8 Å². The van der Waals surface area contributed by atoms with Crippen molar-refractivity contribution in [2.24, 2.45) is 0 Å². The Balaban J connectivity index is 2.52. The van der Waals surface area contributed by atoms with E-state index in [2.05, 4.69) is 14.6 Å². The van der Waals surface area contributed by atoms with E-state index in [-0.39, 0.29) is 5.97 Å². The summed E-state index contributed by atoms with van der Waals surface area (Å²) in [5.41, 5.74) is 1.05. The number of halogens is 1. The molecule has 0 spiro atoms. The molecule has 19 heavy (non-hydrogen) atoms. The molecular weight excluding hydrogens is 268 g/mol. The number of carbonyl (C=O) groups is 1. The molecule has 0 amide bonds. The first-order chi connectivity index (χ1) is 9.15. The van der Waals surface area contributed by atoms with Crippen LogP contribution >= 0.6 is 11.6 Å². The smallest absolute Gasteiger partial charge is 0.306 e. The van der Waals surface area contributed by atoms with Crippen molar-refractivity contribution in [2.45, 2.75) is 13.0 Å². The summed E-state index contributed by atoms with van der Waals surface area (Å²) in [4.78, 5) is 17.3. The Morgan fingerprint density at radius 2 is 2.16 bits per heavy atom. The lowest BCUT2D eigenvalue weighted by Gasteiger charge is -2.21. The molecule has 0 aliphatic carbocycles. The fraction of sp³-hybridized carbons (Fsp3) is 0.538. The average molecular weight is 287 g/mol. The van der Waals surface area contributed by atoms with Crippen LogP contribution in [0.25, 0.3) is 0 Å². The lowest BCUT2D eigenvalue weighted by atomic mass is 10.2. The van der Waals surface area contributed by atoms with Crippen LogP contribution in [0.1, 0.15) is 12.0 Å². The van der Waals surface area contributed by atoms with Gasteiger partial charge in [-0.2, -0.15) is 0 Å². The van der Waals surface area contributed by atoms with Gasteiger partial charge in [0.1, 0.15) is 5.15 Å². The molecule has 0 atom stereocenters. The Morgan fingerprint density at radius 1 is 1.37 bits per heavy atom. The summed E-state index contributed by atoms with van der Waals surface area (Å²) in [6, 6.07) is 3.68.